The van der Waals surface area contributed by atoms with Gasteiger partial charge < -0.3 is 9.26 Å². The minimum atomic E-state index is -0.315. The number of hydrogen-bond donors (Lipinski definition) is 0. The van der Waals surface area contributed by atoms with Gasteiger partial charge in [0, 0.05) is 5.56 Å². The number of hydrogen-bond acceptors (Lipinski definition) is 7. The molecule has 114 valence electrons. The molecule has 0 aliphatic carbocycles. The molecule has 0 bridgehead atoms. The molecule has 0 amide bonds. The molecule has 6 nitrogen and oxygen atoms in total. The Labute approximate surface area is 133 Å². The fourth-order valence-corrected chi connectivity index (χ4v) is 2.77. The summed E-state index contributed by atoms with van der Waals surface area (Å²) in [7, 11) is 0. The van der Waals surface area contributed by atoms with Crippen LogP contribution < -0.4 is 4.74 Å². The molecule has 0 aliphatic heterocycles. The third-order valence-electron chi connectivity index (χ3n) is 3.13. The van der Waals surface area contributed by atoms with E-state index in [-0.39, 0.29) is 12.4 Å². The van der Waals surface area contributed by atoms with Gasteiger partial charge in [-0.1, -0.05) is 5.16 Å². The molecule has 0 aliphatic rings. The van der Waals surface area contributed by atoms with Crippen LogP contribution in [0.15, 0.2) is 46.6 Å². The van der Waals surface area contributed by atoms with Crippen molar-refractivity contribution in [2.45, 2.75) is 6.61 Å². The minimum absolute atomic E-state index is 0.0934. The van der Waals surface area contributed by atoms with Crippen molar-refractivity contribution in [3.8, 4) is 17.3 Å². The summed E-state index contributed by atoms with van der Waals surface area (Å²) in [5, 5.41) is 6.63. The molecule has 0 unspecified atom stereocenters. The molecule has 0 radical (unpaired) electrons. The average molecular weight is 328 g/mol. The van der Waals surface area contributed by atoms with Crippen molar-refractivity contribution in [2.24, 2.45) is 0 Å². The Balaban J connectivity index is 1.52. The lowest BCUT2D eigenvalue weighted by Crippen LogP contribution is -1.98. The smallest absolute Gasteiger partial charge is 0.264 e. The Morgan fingerprint density at radius 1 is 1.13 bits per heavy atom. The standard InChI is InChI=1S/C15H9FN4O2S/c16-10-3-1-9(2-4-10)13-19-12(22-20-13)7-21-14-11-5-6-23-15(11)18-8-17-14/h1-6,8H,7H2. The van der Waals surface area contributed by atoms with Crippen molar-refractivity contribution in [3.63, 3.8) is 0 Å². The Hall–Kier alpha value is -2.87. The number of benzene rings is 1. The van der Waals surface area contributed by atoms with Crippen LogP contribution in [0.25, 0.3) is 21.6 Å². The molecule has 0 atom stereocenters. The zero-order valence-electron chi connectivity index (χ0n) is 11.6. The lowest BCUT2D eigenvalue weighted by atomic mass is 10.2. The SMILES string of the molecule is Fc1ccc(-c2noc(COc3ncnc4sccc34)n2)cc1. The van der Waals surface area contributed by atoms with Crippen molar-refractivity contribution in [2.75, 3.05) is 0 Å². The first-order chi connectivity index (χ1) is 11.3. The van der Waals surface area contributed by atoms with Crippen LogP contribution >= 0.6 is 11.3 Å². The third kappa shape index (κ3) is 2.76. The fraction of sp³-hybridized carbons (Fsp3) is 0.0667. The van der Waals surface area contributed by atoms with Gasteiger partial charge >= 0.3 is 0 Å². The summed E-state index contributed by atoms with van der Waals surface area (Å²) >= 11 is 1.51. The Kier molecular flexibility index (Phi) is 3.43. The van der Waals surface area contributed by atoms with Gasteiger partial charge in [-0.05, 0) is 35.7 Å². The summed E-state index contributed by atoms with van der Waals surface area (Å²) in [6, 6.07) is 7.76. The lowest BCUT2D eigenvalue weighted by molar-refractivity contribution is 0.238. The van der Waals surface area contributed by atoms with E-state index < -0.39 is 0 Å². The second-order valence-electron chi connectivity index (χ2n) is 4.63. The molecule has 4 aromatic rings. The van der Waals surface area contributed by atoms with Crippen LogP contribution in [0.2, 0.25) is 0 Å². The number of aromatic nitrogens is 4. The van der Waals surface area contributed by atoms with Crippen molar-refractivity contribution in [1.29, 1.82) is 0 Å². The molecular weight excluding hydrogens is 319 g/mol. The fourth-order valence-electron chi connectivity index (χ4n) is 2.04. The summed E-state index contributed by atoms with van der Waals surface area (Å²) in [5.41, 5.74) is 0.670. The monoisotopic (exact) mass is 328 g/mol. The van der Waals surface area contributed by atoms with Crippen molar-refractivity contribution in [3.05, 3.63) is 53.7 Å². The molecule has 0 saturated carbocycles. The third-order valence-corrected chi connectivity index (χ3v) is 3.95. The van der Waals surface area contributed by atoms with E-state index in [0.717, 1.165) is 10.2 Å². The molecule has 3 aromatic heterocycles. The number of thiophene rings is 1. The first-order valence-electron chi connectivity index (χ1n) is 6.69. The maximum atomic E-state index is 12.9. The Bertz CT molecular complexity index is 951. The van der Waals surface area contributed by atoms with E-state index >= 15 is 0 Å². The topological polar surface area (TPSA) is 73.9 Å². The minimum Gasteiger partial charge on any atom is -0.467 e. The van der Waals surface area contributed by atoms with E-state index in [1.165, 1.54) is 29.8 Å². The van der Waals surface area contributed by atoms with Gasteiger partial charge in [0.05, 0.1) is 5.39 Å². The molecule has 3 heterocycles. The highest BCUT2D eigenvalue weighted by Gasteiger charge is 2.11. The first-order valence-corrected chi connectivity index (χ1v) is 7.57. The molecule has 4 rings (SSSR count). The maximum Gasteiger partial charge on any atom is 0.264 e. The number of fused-ring (bicyclic) bond motifs is 1. The van der Waals surface area contributed by atoms with Gasteiger partial charge in [0.2, 0.25) is 11.7 Å². The molecule has 0 fully saturated rings. The summed E-state index contributed by atoms with van der Waals surface area (Å²) in [4.78, 5) is 13.3. The van der Waals surface area contributed by atoms with E-state index in [2.05, 4.69) is 20.1 Å². The normalized spacial score (nSPS) is 11.0. The van der Waals surface area contributed by atoms with E-state index in [4.69, 9.17) is 9.26 Å². The number of rotatable bonds is 4. The zero-order valence-corrected chi connectivity index (χ0v) is 12.5. The van der Waals surface area contributed by atoms with E-state index in [9.17, 15) is 4.39 Å². The van der Waals surface area contributed by atoms with E-state index in [1.807, 2.05) is 11.4 Å². The highest BCUT2D eigenvalue weighted by atomic mass is 32.1. The van der Waals surface area contributed by atoms with Gasteiger partial charge in [0.25, 0.3) is 5.89 Å². The van der Waals surface area contributed by atoms with Gasteiger partial charge in [0.15, 0.2) is 6.61 Å². The number of nitrogens with zero attached hydrogens (tertiary/aromatic N) is 4. The second kappa shape index (κ2) is 5.73. The zero-order chi connectivity index (χ0) is 15.6. The Morgan fingerprint density at radius 2 is 2.00 bits per heavy atom. The quantitative estimate of drug-likeness (QED) is 0.571. The molecule has 0 N–H and O–H groups in total. The van der Waals surface area contributed by atoms with Gasteiger partial charge in [-0.25, -0.2) is 14.4 Å². The molecule has 0 spiro atoms. The number of ether oxygens (including phenoxy) is 1. The molecular formula is C15H9FN4O2S. The summed E-state index contributed by atoms with van der Waals surface area (Å²) in [6.07, 6.45) is 1.45. The van der Waals surface area contributed by atoms with Crippen LogP contribution in [0.5, 0.6) is 5.88 Å². The predicted molar refractivity (Wildman–Crippen MR) is 81.4 cm³/mol. The van der Waals surface area contributed by atoms with E-state index in [0.29, 0.717) is 23.2 Å². The average Bonchev–Trinajstić information content (AvgIpc) is 3.23. The Morgan fingerprint density at radius 3 is 2.87 bits per heavy atom. The summed E-state index contributed by atoms with van der Waals surface area (Å²) < 4.78 is 23.7. The molecule has 23 heavy (non-hydrogen) atoms. The maximum absolute atomic E-state index is 12.9. The largest absolute Gasteiger partial charge is 0.467 e. The van der Waals surface area contributed by atoms with Crippen LogP contribution in [0.4, 0.5) is 4.39 Å². The van der Waals surface area contributed by atoms with Crippen molar-refractivity contribution in [1.82, 2.24) is 20.1 Å². The summed E-state index contributed by atoms with van der Waals surface area (Å²) in [6.45, 7) is 0.0934. The van der Waals surface area contributed by atoms with Crippen LogP contribution in [0.1, 0.15) is 5.89 Å². The highest BCUT2D eigenvalue weighted by Crippen LogP contribution is 2.26. The summed E-state index contributed by atoms with van der Waals surface area (Å²) in [5.74, 6) is 0.848. The first kappa shape index (κ1) is 13.8. The second-order valence-corrected chi connectivity index (χ2v) is 5.52. The van der Waals surface area contributed by atoms with Gasteiger partial charge in [-0.15, -0.1) is 11.3 Å². The van der Waals surface area contributed by atoms with Crippen LogP contribution in [0.3, 0.4) is 0 Å². The van der Waals surface area contributed by atoms with E-state index in [1.54, 1.807) is 12.1 Å². The van der Waals surface area contributed by atoms with Crippen molar-refractivity contribution < 1.29 is 13.7 Å². The van der Waals surface area contributed by atoms with Crippen LogP contribution in [-0.4, -0.2) is 20.1 Å². The lowest BCUT2D eigenvalue weighted by Gasteiger charge is -2.02. The van der Waals surface area contributed by atoms with Crippen LogP contribution in [0, 0.1) is 5.82 Å². The van der Waals surface area contributed by atoms with Gasteiger partial charge in [0.1, 0.15) is 17.0 Å². The highest BCUT2D eigenvalue weighted by molar-refractivity contribution is 7.16. The van der Waals surface area contributed by atoms with Crippen molar-refractivity contribution >= 4 is 21.6 Å². The van der Waals surface area contributed by atoms with Crippen LogP contribution in [-0.2, 0) is 6.61 Å². The molecule has 0 saturated heterocycles. The van der Waals surface area contributed by atoms with Gasteiger partial charge in [-0.2, -0.15) is 4.98 Å². The molecule has 1 aromatic carbocycles. The predicted octanol–water partition coefficient (Wildman–Crippen LogP) is 3.46. The van der Waals surface area contributed by atoms with Gasteiger partial charge in [-0.3, -0.25) is 0 Å². The number of halogens is 1. The molecule has 8 heteroatoms.